The zero-order valence-electron chi connectivity index (χ0n) is 8.76. The standard InChI is InChI=1S/C10H10S6/c1-5-6(2)14-10-9(13-5)15-8(16-10)7-11-3-4-12-7/h3-6H,1-2H3/q+1. The van der Waals surface area contributed by atoms with Gasteiger partial charge in [0.1, 0.15) is 22.7 Å². The Balaban J connectivity index is 1.86. The minimum absolute atomic E-state index is 0.739. The van der Waals surface area contributed by atoms with Crippen LogP contribution in [0.4, 0.5) is 0 Å². The van der Waals surface area contributed by atoms with E-state index in [1.54, 1.807) is 0 Å². The first-order valence-electron chi connectivity index (χ1n) is 4.90. The van der Waals surface area contributed by atoms with Crippen LogP contribution in [0.3, 0.4) is 0 Å². The second kappa shape index (κ2) is 5.05. The molecule has 1 radical (unpaired) electrons. The summed E-state index contributed by atoms with van der Waals surface area (Å²) < 4.78 is 6.03. The molecular formula is C10H10S6+. The average Bonchev–Trinajstić information content (AvgIpc) is 2.86. The SMILES string of the molecule is CC1Sc2sc([C]3SC=CS3)[s+]c2SC1C. The van der Waals surface area contributed by atoms with Crippen molar-refractivity contribution in [2.24, 2.45) is 0 Å². The second-order valence-electron chi connectivity index (χ2n) is 3.51. The molecule has 0 aliphatic carbocycles. The van der Waals surface area contributed by atoms with Crippen LogP contribution in [-0.4, -0.2) is 10.5 Å². The average molecular weight is 323 g/mol. The summed E-state index contributed by atoms with van der Waals surface area (Å²) >= 11 is 11.8. The van der Waals surface area contributed by atoms with Gasteiger partial charge in [0.05, 0.1) is 0 Å². The van der Waals surface area contributed by atoms with Crippen molar-refractivity contribution in [3.63, 3.8) is 0 Å². The van der Waals surface area contributed by atoms with E-state index < -0.39 is 0 Å². The van der Waals surface area contributed by atoms with Gasteiger partial charge in [-0.2, -0.15) is 0 Å². The van der Waals surface area contributed by atoms with Crippen molar-refractivity contribution < 1.29 is 0 Å². The van der Waals surface area contributed by atoms with Crippen molar-refractivity contribution >= 4 is 69.7 Å². The van der Waals surface area contributed by atoms with E-state index in [0.29, 0.717) is 0 Å². The smallest absolute Gasteiger partial charge is 0.102 e. The fraction of sp³-hybridized carbons (Fsp3) is 0.400. The molecule has 6 heteroatoms. The predicted molar refractivity (Wildman–Crippen MR) is 83.9 cm³/mol. The van der Waals surface area contributed by atoms with Gasteiger partial charge in [-0.3, -0.25) is 0 Å². The van der Waals surface area contributed by atoms with E-state index in [0.717, 1.165) is 10.5 Å². The highest BCUT2D eigenvalue weighted by atomic mass is 32.2. The van der Waals surface area contributed by atoms with Crippen LogP contribution in [0.5, 0.6) is 0 Å². The molecule has 0 amide bonds. The van der Waals surface area contributed by atoms with Crippen molar-refractivity contribution in [3.8, 4) is 0 Å². The van der Waals surface area contributed by atoms with Gasteiger partial charge in [-0.1, -0.05) is 37.4 Å². The van der Waals surface area contributed by atoms with Gasteiger partial charge in [0.25, 0.3) is 4.19 Å². The lowest BCUT2D eigenvalue weighted by atomic mass is 10.4. The topological polar surface area (TPSA) is 0 Å². The molecule has 2 aliphatic rings. The quantitative estimate of drug-likeness (QED) is 0.594. The van der Waals surface area contributed by atoms with E-state index in [1.807, 2.05) is 46.2 Å². The summed E-state index contributed by atoms with van der Waals surface area (Å²) in [4.78, 5) is 0. The Kier molecular flexibility index (Phi) is 3.86. The van der Waals surface area contributed by atoms with E-state index in [9.17, 15) is 0 Å². The monoisotopic (exact) mass is 322 g/mol. The molecule has 1 aromatic heterocycles. The molecule has 2 unspecified atom stereocenters. The van der Waals surface area contributed by atoms with E-state index in [1.165, 1.54) is 17.2 Å². The van der Waals surface area contributed by atoms with E-state index >= 15 is 0 Å². The lowest BCUT2D eigenvalue weighted by Crippen LogP contribution is -2.14. The van der Waals surface area contributed by atoms with Crippen LogP contribution in [0.15, 0.2) is 19.2 Å². The molecule has 0 saturated carbocycles. The largest absolute Gasteiger partial charge is 0.286 e. The van der Waals surface area contributed by atoms with Gasteiger partial charge < -0.3 is 0 Å². The third-order valence-corrected chi connectivity index (χ3v) is 11.2. The van der Waals surface area contributed by atoms with Crippen LogP contribution < -0.4 is 0 Å². The molecule has 3 heterocycles. The van der Waals surface area contributed by atoms with Crippen molar-refractivity contribution in [2.45, 2.75) is 32.8 Å². The highest BCUT2D eigenvalue weighted by Crippen LogP contribution is 2.57. The summed E-state index contributed by atoms with van der Waals surface area (Å²) in [6.45, 7) is 4.67. The van der Waals surface area contributed by atoms with Crippen LogP contribution in [0, 0.1) is 4.58 Å². The van der Waals surface area contributed by atoms with Crippen molar-refractivity contribution in [1.29, 1.82) is 0 Å². The van der Waals surface area contributed by atoms with Crippen molar-refractivity contribution in [1.82, 2.24) is 0 Å². The minimum Gasteiger partial charge on any atom is -0.102 e. The van der Waals surface area contributed by atoms with Gasteiger partial charge >= 0.3 is 0 Å². The van der Waals surface area contributed by atoms with Gasteiger partial charge in [0.2, 0.25) is 8.42 Å². The Morgan fingerprint density at radius 2 is 1.75 bits per heavy atom. The Morgan fingerprint density at radius 1 is 1.06 bits per heavy atom. The Hall–Kier alpha value is 1.19. The lowest BCUT2D eigenvalue weighted by Gasteiger charge is -2.19. The van der Waals surface area contributed by atoms with Crippen LogP contribution >= 0.6 is 69.7 Å². The van der Waals surface area contributed by atoms with Crippen LogP contribution in [0.2, 0.25) is 0 Å². The maximum atomic E-state index is 2.34. The highest BCUT2D eigenvalue weighted by Gasteiger charge is 2.37. The van der Waals surface area contributed by atoms with Gasteiger partial charge in [-0.25, -0.2) is 0 Å². The molecule has 0 saturated heterocycles. The Labute approximate surface area is 121 Å². The first-order valence-corrected chi connectivity index (χ1v) is 10.0. The van der Waals surface area contributed by atoms with E-state index in [-0.39, 0.29) is 0 Å². The normalized spacial score (nSPS) is 29.6. The molecule has 0 aromatic carbocycles. The number of rotatable bonds is 1. The maximum Gasteiger partial charge on any atom is 0.286 e. The molecule has 2 atom stereocenters. The number of fused-ring (bicyclic) bond motifs is 1. The Morgan fingerprint density at radius 3 is 2.50 bits per heavy atom. The fourth-order valence-corrected chi connectivity index (χ4v) is 9.96. The molecular weight excluding hydrogens is 313 g/mol. The molecule has 0 bridgehead atoms. The number of thioether (sulfide) groups is 4. The first-order chi connectivity index (χ1) is 7.74. The van der Waals surface area contributed by atoms with Crippen molar-refractivity contribution in [2.75, 3.05) is 0 Å². The van der Waals surface area contributed by atoms with Crippen LogP contribution in [0.25, 0.3) is 0 Å². The van der Waals surface area contributed by atoms with Gasteiger partial charge in [0.15, 0.2) is 4.58 Å². The van der Waals surface area contributed by atoms with E-state index in [4.69, 9.17) is 0 Å². The molecule has 0 nitrogen and oxygen atoms in total. The van der Waals surface area contributed by atoms with Crippen molar-refractivity contribution in [3.05, 3.63) is 19.6 Å². The molecule has 2 aliphatic heterocycles. The summed E-state index contributed by atoms with van der Waals surface area (Å²) in [6, 6.07) is 0. The zero-order valence-corrected chi connectivity index (χ0v) is 13.7. The fourth-order valence-electron chi connectivity index (χ4n) is 1.33. The highest BCUT2D eigenvalue weighted by molar-refractivity contribution is 8.26. The van der Waals surface area contributed by atoms with Crippen LogP contribution in [0.1, 0.15) is 18.0 Å². The third-order valence-electron chi connectivity index (χ3n) is 2.36. The first kappa shape index (κ1) is 12.2. The molecule has 0 N–H and O–H groups in total. The molecule has 1 aromatic rings. The minimum atomic E-state index is 0.739. The molecule has 0 spiro atoms. The molecule has 0 fully saturated rings. The summed E-state index contributed by atoms with van der Waals surface area (Å²) in [5, 5.41) is 5.83. The summed E-state index contributed by atoms with van der Waals surface area (Å²) in [7, 11) is 0. The number of hydrogen-bond acceptors (Lipinski definition) is 5. The van der Waals surface area contributed by atoms with Gasteiger partial charge in [0, 0.05) is 10.5 Å². The van der Waals surface area contributed by atoms with E-state index in [2.05, 4.69) is 48.2 Å². The summed E-state index contributed by atoms with van der Waals surface area (Å²) in [5.41, 5.74) is 0. The number of hydrogen-bond donors (Lipinski definition) is 0. The molecule has 3 rings (SSSR count). The summed E-state index contributed by atoms with van der Waals surface area (Å²) in [6.07, 6.45) is 0. The zero-order chi connectivity index (χ0) is 11.1. The second-order valence-corrected chi connectivity index (χ2v) is 11.2. The third kappa shape index (κ3) is 2.34. The van der Waals surface area contributed by atoms with Crippen LogP contribution in [-0.2, 0) is 0 Å². The Bertz CT molecular complexity index is 387. The van der Waals surface area contributed by atoms with Gasteiger partial charge in [-0.15, -0.1) is 23.5 Å². The maximum absolute atomic E-state index is 2.34. The van der Waals surface area contributed by atoms with Gasteiger partial charge in [-0.05, 0) is 10.8 Å². The predicted octanol–water partition coefficient (Wildman–Crippen LogP) is 5.85. The lowest BCUT2D eigenvalue weighted by molar-refractivity contribution is 0.918. The summed E-state index contributed by atoms with van der Waals surface area (Å²) in [5.74, 6) is 0. The molecule has 16 heavy (non-hydrogen) atoms. The molecule has 85 valence electrons.